The number of nitrogens with one attached hydrogen (secondary N) is 1. The Hall–Kier alpha value is -0.470. The second kappa shape index (κ2) is 7.35. The molecule has 0 spiro atoms. The minimum Gasteiger partial charge on any atom is -0.314 e. The summed E-state index contributed by atoms with van der Waals surface area (Å²) in [4.78, 5) is 1.45. The molecule has 1 N–H and O–H groups in total. The van der Waals surface area contributed by atoms with Gasteiger partial charge in [0.05, 0.1) is 0 Å². The molecular weight excluding hydrogens is 250 g/mol. The molecule has 19 heavy (non-hydrogen) atoms. The standard InChI is InChI=1S/C17H27NS/c1-4-10-18-15-6-5-7-16(12-15)19-17-9-8-13(2)14(3)11-17/h8-9,11,15-16,18H,4-7,10,12H2,1-3H3. The van der Waals surface area contributed by atoms with Crippen LogP contribution >= 0.6 is 11.8 Å². The van der Waals surface area contributed by atoms with Gasteiger partial charge in [-0.3, -0.25) is 0 Å². The van der Waals surface area contributed by atoms with Crippen LogP contribution in [0.3, 0.4) is 0 Å². The van der Waals surface area contributed by atoms with Gasteiger partial charge in [-0.2, -0.15) is 0 Å². The Morgan fingerprint density at radius 2 is 2.05 bits per heavy atom. The average Bonchev–Trinajstić information content (AvgIpc) is 2.41. The molecule has 0 radical (unpaired) electrons. The summed E-state index contributed by atoms with van der Waals surface area (Å²) < 4.78 is 0. The van der Waals surface area contributed by atoms with Crippen molar-refractivity contribution in [1.82, 2.24) is 5.32 Å². The first-order chi connectivity index (χ1) is 9.19. The predicted octanol–water partition coefficient (Wildman–Crippen LogP) is 4.71. The lowest BCUT2D eigenvalue weighted by atomic mass is 9.95. The van der Waals surface area contributed by atoms with Gasteiger partial charge in [0.15, 0.2) is 0 Å². The van der Waals surface area contributed by atoms with E-state index in [9.17, 15) is 0 Å². The van der Waals surface area contributed by atoms with E-state index in [1.807, 2.05) is 0 Å². The highest BCUT2D eigenvalue weighted by Crippen LogP contribution is 2.34. The van der Waals surface area contributed by atoms with Crippen molar-refractivity contribution in [2.75, 3.05) is 6.54 Å². The Balaban J connectivity index is 1.89. The molecule has 2 atom stereocenters. The molecule has 0 bridgehead atoms. The van der Waals surface area contributed by atoms with Crippen LogP contribution in [0.25, 0.3) is 0 Å². The maximum Gasteiger partial charge on any atom is 0.0109 e. The smallest absolute Gasteiger partial charge is 0.0109 e. The fourth-order valence-corrected chi connectivity index (χ4v) is 4.15. The predicted molar refractivity (Wildman–Crippen MR) is 86.1 cm³/mol. The third-order valence-corrected chi connectivity index (χ3v) is 5.38. The molecule has 1 aliphatic carbocycles. The van der Waals surface area contributed by atoms with Gasteiger partial charge in [-0.15, -0.1) is 11.8 Å². The molecule has 0 saturated heterocycles. The zero-order valence-corrected chi connectivity index (χ0v) is 13.4. The molecule has 2 unspecified atom stereocenters. The minimum absolute atomic E-state index is 0.748. The second-order valence-corrected chi connectivity index (χ2v) is 7.18. The third-order valence-electron chi connectivity index (χ3n) is 4.09. The quantitative estimate of drug-likeness (QED) is 0.836. The van der Waals surface area contributed by atoms with Crippen LogP contribution in [0.4, 0.5) is 0 Å². The van der Waals surface area contributed by atoms with E-state index in [0.717, 1.165) is 11.3 Å². The highest BCUT2D eigenvalue weighted by Gasteiger charge is 2.22. The minimum atomic E-state index is 0.748. The maximum absolute atomic E-state index is 3.69. The van der Waals surface area contributed by atoms with E-state index in [-0.39, 0.29) is 0 Å². The second-order valence-electron chi connectivity index (χ2n) is 5.80. The van der Waals surface area contributed by atoms with Crippen molar-refractivity contribution in [3.05, 3.63) is 29.3 Å². The van der Waals surface area contributed by atoms with E-state index >= 15 is 0 Å². The molecule has 1 aliphatic rings. The van der Waals surface area contributed by atoms with Crippen molar-refractivity contribution in [3.8, 4) is 0 Å². The molecule has 0 aromatic heterocycles. The van der Waals surface area contributed by atoms with Gasteiger partial charge < -0.3 is 5.32 Å². The summed E-state index contributed by atoms with van der Waals surface area (Å²) in [6.07, 6.45) is 6.69. The lowest BCUT2D eigenvalue weighted by molar-refractivity contribution is 0.381. The summed E-state index contributed by atoms with van der Waals surface area (Å²) in [6.45, 7) is 7.82. The summed E-state index contributed by atoms with van der Waals surface area (Å²) in [6, 6.07) is 7.64. The van der Waals surface area contributed by atoms with Gasteiger partial charge in [-0.1, -0.05) is 19.4 Å². The van der Waals surface area contributed by atoms with Crippen molar-refractivity contribution in [3.63, 3.8) is 0 Å². The molecule has 1 nitrogen and oxygen atoms in total. The molecule has 1 aromatic rings. The van der Waals surface area contributed by atoms with E-state index in [0.29, 0.717) is 0 Å². The van der Waals surface area contributed by atoms with Gasteiger partial charge in [0.25, 0.3) is 0 Å². The highest BCUT2D eigenvalue weighted by atomic mass is 32.2. The fourth-order valence-electron chi connectivity index (χ4n) is 2.77. The molecule has 0 aliphatic heterocycles. The zero-order chi connectivity index (χ0) is 13.7. The van der Waals surface area contributed by atoms with Crippen molar-refractivity contribution >= 4 is 11.8 Å². The summed E-state index contributed by atoms with van der Waals surface area (Å²) in [7, 11) is 0. The van der Waals surface area contributed by atoms with Gasteiger partial charge in [0.2, 0.25) is 0 Å². The Labute approximate surface area is 122 Å². The van der Waals surface area contributed by atoms with E-state index in [4.69, 9.17) is 0 Å². The number of rotatable bonds is 5. The third kappa shape index (κ3) is 4.54. The Morgan fingerprint density at radius 1 is 1.21 bits per heavy atom. The van der Waals surface area contributed by atoms with Crippen LogP contribution in [0.1, 0.15) is 50.2 Å². The zero-order valence-electron chi connectivity index (χ0n) is 12.5. The molecule has 0 amide bonds. The fraction of sp³-hybridized carbons (Fsp3) is 0.647. The van der Waals surface area contributed by atoms with E-state index in [1.165, 1.54) is 54.7 Å². The van der Waals surface area contributed by atoms with Crippen molar-refractivity contribution in [1.29, 1.82) is 0 Å². The van der Waals surface area contributed by atoms with Gasteiger partial charge in [-0.25, -0.2) is 0 Å². The maximum atomic E-state index is 3.69. The Morgan fingerprint density at radius 3 is 2.79 bits per heavy atom. The largest absolute Gasteiger partial charge is 0.314 e. The lowest BCUT2D eigenvalue weighted by Gasteiger charge is -2.29. The molecule has 1 fully saturated rings. The first-order valence-corrected chi connectivity index (χ1v) is 8.54. The molecule has 0 heterocycles. The Kier molecular flexibility index (Phi) is 5.77. The highest BCUT2D eigenvalue weighted by molar-refractivity contribution is 8.00. The van der Waals surface area contributed by atoms with Crippen LogP contribution in [0.5, 0.6) is 0 Å². The molecule has 106 valence electrons. The summed E-state index contributed by atoms with van der Waals surface area (Å²) in [5, 5.41) is 4.49. The van der Waals surface area contributed by atoms with Crippen LogP contribution in [-0.4, -0.2) is 17.8 Å². The average molecular weight is 277 g/mol. The number of benzene rings is 1. The van der Waals surface area contributed by atoms with Crippen molar-refractivity contribution in [2.45, 2.75) is 69.1 Å². The number of hydrogen-bond donors (Lipinski definition) is 1. The van der Waals surface area contributed by atoms with Crippen LogP contribution in [-0.2, 0) is 0 Å². The summed E-state index contributed by atoms with van der Waals surface area (Å²) in [5.41, 5.74) is 2.82. The van der Waals surface area contributed by atoms with Crippen LogP contribution < -0.4 is 5.32 Å². The summed E-state index contributed by atoms with van der Waals surface area (Å²) in [5.74, 6) is 0. The molecule has 1 aromatic carbocycles. The van der Waals surface area contributed by atoms with Gasteiger partial charge in [-0.05, 0) is 69.3 Å². The van der Waals surface area contributed by atoms with Gasteiger partial charge >= 0.3 is 0 Å². The topological polar surface area (TPSA) is 12.0 Å². The van der Waals surface area contributed by atoms with E-state index in [2.05, 4.69) is 56.0 Å². The SMILES string of the molecule is CCCNC1CCCC(Sc2ccc(C)c(C)c2)C1. The normalized spacial score (nSPS) is 23.5. The first-order valence-electron chi connectivity index (χ1n) is 7.66. The lowest BCUT2D eigenvalue weighted by Crippen LogP contribution is -2.35. The van der Waals surface area contributed by atoms with E-state index < -0.39 is 0 Å². The molecule has 1 saturated carbocycles. The number of hydrogen-bond acceptors (Lipinski definition) is 2. The van der Waals surface area contributed by atoms with E-state index in [1.54, 1.807) is 0 Å². The van der Waals surface area contributed by atoms with Gasteiger partial charge in [0.1, 0.15) is 0 Å². The molecule has 2 heteroatoms. The van der Waals surface area contributed by atoms with Gasteiger partial charge in [0, 0.05) is 16.2 Å². The molecule has 2 rings (SSSR count). The number of aryl methyl sites for hydroxylation is 2. The number of thioether (sulfide) groups is 1. The first kappa shape index (κ1) is 14.9. The van der Waals surface area contributed by atoms with Crippen LogP contribution in [0, 0.1) is 13.8 Å². The molecular formula is C17H27NS. The van der Waals surface area contributed by atoms with Crippen molar-refractivity contribution in [2.24, 2.45) is 0 Å². The van der Waals surface area contributed by atoms with Crippen molar-refractivity contribution < 1.29 is 0 Å². The summed E-state index contributed by atoms with van der Waals surface area (Å²) >= 11 is 2.08. The van der Waals surface area contributed by atoms with Crippen LogP contribution in [0.15, 0.2) is 23.1 Å². The van der Waals surface area contributed by atoms with Crippen LogP contribution in [0.2, 0.25) is 0 Å². The monoisotopic (exact) mass is 277 g/mol. The Bertz CT molecular complexity index is 402.